The maximum Gasteiger partial charge on any atom is 0.0700 e. The Morgan fingerprint density at radius 3 is 2.75 bits per heavy atom. The summed E-state index contributed by atoms with van der Waals surface area (Å²) >= 11 is 0. The fourth-order valence-electron chi connectivity index (χ4n) is 2.00. The molecule has 4 nitrogen and oxygen atoms in total. The molecule has 16 heavy (non-hydrogen) atoms. The van der Waals surface area contributed by atoms with Crippen molar-refractivity contribution in [3.8, 4) is 0 Å². The predicted octanol–water partition coefficient (Wildman–Crippen LogP) is 0.722. The number of methoxy groups -OCH3 is 1. The highest BCUT2D eigenvalue weighted by Gasteiger charge is 2.23. The maximum absolute atomic E-state index is 5.41. The Hall–Kier alpha value is -0.160. The van der Waals surface area contributed by atoms with Crippen molar-refractivity contribution in [3.63, 3.8) is 0 Å². The zero-order valence-electron chi connectivity index (χ0n) is 10.9. The molecule has 1 aliphatic heterocycles. The standard InChI is InChI=1S/C12H26N2O2/c1-11(2)14-6-4-12(10-14)13-5-7-16-9-8-15-3/h11-13H,4-10H2,1-3H3. The predicted molar refractivity (Wildman–Crippen MR) is 65.8 cm³/mol. The summed E-state index contributed by atoms with van der Waals surface area (Å²) in [6.45, 7) is 10.0. The molecule has 1 fully saturated rings. The van der Waals surface area contributed by atoms with Crippen LogP contribution < -0.4 is 5.32 Å². The second-order valence-corrected chi connectivity index (χ2v) is 4.63. The molecule has 4 heteroatoms. The molecule has 1 N–H and O–H groups in total. The van der Waals surface area contributed by atoms with Gasteiger partial charge in [0, 0.05) is 32.3 Å². The van der Waals surface area contributed by atoms with Crippen LogP contribution >= 0.6 is 0 Å². The Bertz CT molecular complexity index is 176. The van der Waals surface area contributed by atoms with Gasteiger partial charge in [-0.25, -0.2) is 0 Å². The van der Waals surface area contributed by atoms with Crippen LogP contribution in [0.15, 0.2) is 0 Å². The van der Waals surface area contributed by atoms with E-state index in [4.69, 9.17) is 9.47 Å². The summed E-state index contributed by atoms with van der Waals surface area (Å²) in [7, 11) is 1.70. The van der Waals surface area contributed by atoms with E-state index in [1.165, 1.54) is 19.5 Å². The molecule has 0 amide bonds. The Morgan fingerprint density at radius 2 is 2.12 bits per heavy atom. The Kier molecular flexibility index (Phi) is 6.96. The van der Waals surface area contributed by atoms with Crippen LogP contribution in [-0.4, -0.2) is 63.5 Å². The largest absolute Gasteiger partial charge is 0.382 e. The molecule has 0 aromatic heterocycles. The number of likely N-dealkylation sites (tertiary alicyclic amines) is 1. The third-order valence-electron chi connectivity index (χ3n) is 3.06. The first-order valence-electron chi connectivity index (χ1n) is 6.28. The summed E-state index contributed by atoms with van der Waals surface area (Å²) in [4.78, 5) is 2.52. The van der Waals surface area contributed by atoms with Crippen molar-refractivity contribution >= 4 is 0 Å². The number of nitrogens with zero attached hydrogens (tertiary/aromatic N) is 1. The van der Waals surface area contributed by atoms with Gasteiger partial charge in [-0.05, 0) is 26.8 Å². The summed E-state index contributed by atoms with van der Waals surface area (Å²) < 4.78 is 10.3. The van der Waals surface area contributed by atoms with E-state index in [1.54, 1.807) is 7.11 Å². The van der Waals surface area contributed by atoms with E-state index < -0.39 is 0 Å². The first kappa shape index (κ1) is 13.9. The van der Waals surface area contributed by atoms with Crippen LogP contribution in [0.5, 0.6) is 0 Å². The van der Waals surface area contributed by atoms with Crippen LogP contribution in [-0.2, 0) is 9.47 Å². The third kappa shape index (κ3) is 5.25. The lowest BCUT2D eigenvalue weighted by Crippen LogP contribution is -2.36. The molecule has 0 saturated carbocycles. The fraction of sp³-hybridized carbons (Fsp3) is 1.00. The molecular weight excluding hydrogens is 204 g/mol. The van der Waals surface area contributed by atoms with E-state index in [0.717, 1.165) is 13.2 Å². The highest BCUT2D eigenvalue weighted by molar-refractivity contribution is 4.82. The monoisotopic (exact) mass is 230 g/mol. The normalized spacial score (nSPS) is 22.1. The van der Waals surface area contributed by atoms with Crippen LogP contribution in [0.2, 0.25) is 0 Å². The maximum atomic E-state index is 5.41. The van der Waals surface area contributed by atoms with Crippen molar-refractivity contribution in [2.75, 3.05) is 46.6 Å². The molecule has 0 spiro atoms. The molecule has 1 rings (SSSR count). The second-order valence-electron chi connectivity index (χ2n) is 4.63. The molecule has 0 bridgehead atoms. The van der Waals surface area contributed by atoms with Gasteiger partial charge >= 0.3 is 0 Å². The van der Waals surface area contributed by atoms with E-state index in [0.29, 0.717) is 25.3 Å². The van der Waals surface area contributed by atoms with Gasteiger partial charge < -0.3 is 14.8 Å². The van der Waals surface area contributed by atoms with E-state index in [-0.39, 0.29) is 0 Å². The van der Waals surface area contributed by atoms with E-state index in [1.807, 2.05) is 0 Å². The molecule has 0 radical (unpaired) electrons. The fourth-order valence-corrected chi connectivity index (χ4v) is 2.00. The molecule has 0 aliphatic carbocycles. The van der Waals surface area contributed by atoms with Gasteiger partial charge in [0.1, 0.15) is 0 Å². The summed E-state index contributed by atoms with van der Waals surface area (Å²) in [5.74, 6) is 0. The Labute approximate surface area is 99.3 Å². The van der Waals surface area contributed by atoms with Gasteiger partial charge in [-0.15, -0.1) is 0 Å². The van der Waals surface area contributed by atoms with Crippen molar-refractivity contribution in [1.29, 1.82) is 0 Å². The molecule has 0 aromatic carbocycles. The lowest BCUT2D eigenvalue weighted by atomic mass is 10.2. The van der Waals surface area contributed by atoms with Gasteiger partial charge in [-0.3, -0.25) is 4.90 Å². The van der Waals surface area contributed by atoms with Gasteiger partial charge in [-0.1, -0.05) is 0 Å². The lowest BCUT2D eigenvalue weighted by Gasteiger charge is -2.20. The second kappa shape index (κ2) is 8.01. The number of rotatable bonds is 8. The van der Waals surface area contributed by atoms with Crippen molar-refractivity contribution in [1.82, 2.24) is 10.2 Å². The van der Waals surface area contributed by atoms with Crippen LogP contribution in [0.25, 0.3) is 0 Å². The first-order valence-corrected chi connectivity index (χ1v) is 6.28. The van der Waals surface area contributed by atoms with Crippen molar-refractivity contribution in [2.45, 2.75) is 32.4 Å². The van der Waals surface area contributed by atoms with Crippen LogP contribution in [0, 0.1) is 0 Å². The average molecular weight is 230 g/mol. The van der Waals surface area contributed by atoms with Crippen LogP contribution in [0.4, 0.5) is 0 Å². The summed E-state index contributed by atoms with van der Waals surface area (Å²) in [6, 6.07) is 1.32. The highest BCUT2D eigenvalue weighted by Crippen LogP contribution is 2.11. The summed E-state index contributed by atoms with van der Waals surface area (Å²) in [5, 5.41) is 3.54. The van der Waals surface area contributed by atoms with Gasteiger partial charge in [0.25, 0.3) is 0 Å². The van der Waals surface area contributed by atoms with Gasteiger partial charge in [0.05, 0.1) is 19.8 Å². The van der Waals surface area contributed by atoms with E-state index in [2.05, 4.69) is 24.1 Å². The molecule has 1 atom stereocenters. The van der Waals surface area contributed by atoms with Crippen molar-refractivity contribution in [3.05, 3.63) is 0 Å². The highest BCUT2D eigenvalue weighted by atomic mass is 16.5. The van der Waals surface area contributed by atoms with Crippen molar-refractivity contribution in [2.24, 2.45) is 0 Å². The van der Waals surface area contributed by atoms with E-state index >= 15 is 0 Å². The summed E-state index contributed by atoms with van der Waals surface area (Å²) in [5.41, 5.74) is 0. The quantitative estimate of drug-likeness (QED) is 0.623. The lowest BCUT2D eigenvalue weighted by molar-refractivity contribution is 0.0711. The van der Waals surface area contributed by atoms with Crippen LogP contribution in [0.3, 0.4) is 0 Å². The molecule has 1 heterocycles. The zero-order chi connectivity index (χ0) is 11.8. The van der Waals surface area contributed by atoms with Gasteiger partial charge in [0.2, 0.25) is 0 Å². The SMILES string of the molecule is COCCOCCNC1CCN(C(C)C)C1. The molecule has 96 valence electrons. The van der Waals surface area contributed by atoms with Gasteiger partial charge in [-0.2, -0.15) is 0 Å². The summed E-state index contributed by atoms with van der Waals surface area (Å²) in [6.07, 6.45) is 1.26. The Morgan fingerprint density at radius 1 is 1.31 bits per heavy atom. The minimum absolute atomic E-state index is 0.647. The first-order chi connectivity index (χ1) is 7.74. The smallest absolute Gasteiger partial charge is 0.0700 e. The average Bonchev–Trinajstić information content (AvgIpc) is 2.72. The number of hydrogen-bond acceptors (Lipinski definition) is 4. The Balaban J connectivity index is 1.94. The molecular formula is C12H26N2O2. The molecule has 0 aromatic rings. The minimum atomic E-state index is 0.647. The molecule has 1 unspecified atom stereocenters. The number of hydrogen-bond donors (Lipinski definition) is 1. The molecule has 1 aliphatic rings. The topological polar surface area (TPSA) is 33.7 Å². The van der Waals surface area contributed by atoms with E-state index in [9.17, 15) is 0 Å². The zero-order valence-corrected chi connectivity index (χ0v) is 10.9. The number of ether oxygens (including phenoxy) is 2. The molecule has 1 saturated heterocycles. The third-order valence-corrected chi connectivity index (χ3v) is 3.06. The van der Waals surface area contributed by atoms with Crippen LogP contribution in [0.1, 0.15) is 20.3 Å². The minimum Gasteiger partial charge on any atom is -0.382 e. The number of nitrogens with one attached hydrogen (secondary N) is 1. The van der Waals surface area contributed by atoms with Gasteiger partial charge in [0.15, 0.2) is 0 Å². The van der Waals surface area contributed by atoms with Crippen molar-refractivity contribution < 1.29 is 9.47 Å².